The monoisotopic (exact) mass is 346 g/mol. The lowest BCUT2D eigenvalue weighted by molar-refractivity contribution is -0.0388. The van der Waals surface area contributed by atoms with Crippen LogP contribution in [0, 0.1) is 22.7 Å². The summed E-state index contributed by atoms with van der Waals surface area (Å²) in [6.07, 6.45) is 8.33. The van der Waals surface area contributed by atoms with Gasteiger partial charge in [0, 0.05) is 0 Å². The average Bonchev–Trinajstić information content (AvgIpc) is 2.99. The van der Waals surface area contributed by atoms with Gasteiger partial charge in [0.25, 0.3) is 0 Å². The molecule has 0 amide bonds. The number of benzene rings is 2. The largest absolute Gasteiger partial charge is 0.161 e. The molecule has 2 fully saturated rings. The van der Waals surface area contributed by atoms with E-state index in [0.29, 0.717) is 10.8 Å². The van der Waals surface area contributed by atoms with Crippen LogP contribution >= 0.6 is 11.8 Å². The summed E-state index contributed by atoms with van der Waals surface area (Å²) in [7, 11) is 0. The highest BCUT2D eigenvalue weighted by Crippen LogP contribution is 2.67. The summed E-state index contributed by atoms with van der Waals surface area (Å²) >= 11 is 2.27. The van der Waals surface area contributed by atoms with Gasteiger partial charge in [-0.05, 0) is 95.0 Å². The van der Waals surface area contributed by atoms with Gasteiger partial charge < -0.3 is 0 Å². The minimum Gasteiger partial charge on any atom is -0.161 e. The van der Waals surface area contributed by atoms with E-state index in [2.05, 4.69) is 60.3 Å². The Morgan fingerprint density at radius 1 is 0.640 bits per heavy atom. The maximum absolute atomic E-state index is 2.42. The highest BCUT2D eigenvalue weighted by atomic mass is 32.2. The second kappa shape index (κ2) is 5.16. The molecule has 2 aromatic rings. The molecule has 3 aliphatic carbocycles. The molecule has 4 atom stereocenters. The highest BCUT2D eigenvalue weighted by Gasteiger charge is 2.61. The molecule has 128 valence electrons. The lowest BCUT2D eigenvalue weighted by Gasteiger charge is -2.58. The predicted octanol–water partition coefficient (Wildman–Crippen LogP) is 5.33. The molecule has 0 aromatic heterocycles. The van der Waals surface area contributed by atoms with E-state index in [1.807, 2.05) is 0 Å². The molecule has 4 aliphatic rings. The van der Waals surface area contributed by atoms with Gasteiger partial charge in [0.05, 0.1) is 0 Å². The van der Waals surface area contributed by atoms with Crippen LogP contribution in [0.15, 0.2) is 48.5 Å². The Labute approximate surface area is 155 Å². The molecule has 6 rings (SSSR count). The van der Waals surface area contributed by atoms with Crippen molar-refractivity contribution in [2.45, 2.75) is 38.5 Å². The van der Waals surface area contributed by atoms with Gasteiger partial charge in [0.2, 0.25) is 0 Å². The van der Waals surface area contributed by atoms with Gasteiger partial charge >= 0.3 is 0 Å². The lowest BCUT2D eigenvalue weighted by Crippen LogP contribution is -2.55. The highest BCUT2D eigenvalue weighted by molar-refractivity contribution is 7.99. The minimum atomic E-state index is 0.583. The number of thioether (sulfide) groups is 1. The Morgan fingerprint density at radius 3 is 1.56 bits per heavy atom. The molecular formula is C24H26S. The first kappa shape index (κ1) is 14.9. The van der Waals surface area contributed by atoms with E-state index in [1.54, 1.807) is 22.3 Å². The molecule has 1 heterocycles. The molecule has 0 bridgehead atoms. The van der Waals surface area contributed by atoms with Crippen LogP contribution in [0.25, 0.3) is 0 Å². The molecule has 0 spiro atoms. The van der Waals surface area contributed by atoms with Gasteiger partial charge in [-0.2, -0.15) is 11.8 Å². The van der Waals surface area contributed by atoms with Crippen molar-refractivity contribution in [1.82, 2.24) is 0 Å². The van der Waals surface area contributed by atoms with Crippen molar-refractivity contribution in [2.24, 2.45) is 22.7 Å². The molecule has 0 radical (unpaired) electrons. The summed E-state index contributed by atoms with van der Waals surface area (Å²) < 4.78 is 0. The third-order valence-corrected chi connectivity index (χ3v) is 9.63. The molecule has 1 aliphatic heterocycles. The van der Waals surface area contributed by atoms with Crippen molar-refractivity contribution in [2.75, 3.05) is 11.5 Å². The summed E-state index contributed by atoms with van der Waals surface area (Å²) in [5.74, 6) is 4.66. The summed E-state index contributed by atoms with van der Waals surface area (Å²) in [6.45, 7) is 0. The fourth-order valence-corrected chi connectivity index (χ4v) is 8.82. The van der Waals surface area contributed by atoms with Crippen molar-refractivity contribution in [3.05, 3.63) is 70.8 Å². The zero-order valence-electron chi connectivity index (χ0n) is 14.8. The number of rotatable bonds is 0. The van der Waals surface area contributed by atoms with Gasteiger partial charge in [0.15, 0.2) is 0 Å². The lowest BCUT2D eigenvalue weighted by atomic mass is 9.45. The van der Waals surface area contributed by atoms with Crippen molar-refractivity contribution in [1.29, 1.82) is 0 Å². The summed E-state index contributed by atoms with van der Waals surface area (Å²) in [6, 6.07) is 18.6. The van der Waals surface area contributed by atoms with Crippen LogP contribution in [-0.2, 0) is 25.7 Å². The van der Waals surface area contributed by atoms with E-state index in [1.165, 1.54) is 50.0 Å². The summed E-state index contributed by atoms with van der Waals surface area (Å²) in [5.41, 5.74) is 7.79. The van der Waals surface area contributed by atoms with Gasteiger partial charge in [0.1, 0.15) is 0 Å². The van der Waals surface area contributed by atoms with Crippen LogP contribution in [0.1, 0.15) is 35.1 Å². The molecule has 4 unspecified atom stereocenters. The van der Waals surface area contributed by atoms with Crippen molar-refractivity contribution in [3.63, 3.8) is 0 Å². The first-order valence-electron chi connectivity index (χ1n) is 9.98. The molecule has 0 nitrogen and oxygen atoms in total. The molecule has 2 aromatic carbocycles. The van der Waals surface area contributed by atoms with E-state index < -0.39 is 0 Å². The van der Waals surface area contributed by atoms with Crippen LogP contribution < -0.4 is 0 Å². The third kappa shape index (κ3) is 2.02. The van der Waals surface area contributed by atoms with Crippen molar-refractivity contribution >= 4 is 11.8 Å². The van der Waals surface area contributed by atoms with E-state index in [0.717, 1.165) is 11.8 Å². The Hall–Kier alpha value is -1.21. The summed E-state index contributed by atoms with van der Waals surface area (Å²) in [5, 5.41) is 0. The number of hydrogen-bond acceptors (Lipinski definition) is 1. The smallest absolute Gasteiger partial charge is 0.000156 e. The predicted molar refractivity (Wildman–Crippen MR) is 106 cm³/mol. The van der Waals surface area contributed by atoms with Gasteiger partial charge in [-0.15, -0.1) is 0 Å². The standard InChI is InChI=1S/C24H26S/c1-2-6-18-10-22-14-24-12-20-8-4-3-7-19(20)11-23(24,15-25-16-24)13-21(22)9-17(18)5-1/h1-8,21-22H,9-16H2. The molecule has 0 N–H and O–H groups in total. The first-order valence-corrected chi connectivity index (χ1v) is 11.1. The SMILES string of the molecule is c1ccc2c(c1)CC1CC34CSCC3(Cc3ccccc3C4)CC1C2. The third-order valence-electron chi connectivity index (χ3n) is 8.11. The van der Waals surface area contributed by atoms with Gasteiger partial charge in [-0.1, -0.05) is 48.5 Å². The average molecular weight is 347 g/mol. The fourth-order valence-electron chi connectivity index (χ4n) is 6.89. The topological polar surface area (TPSA) is 0 Å². The molecule has 25 heavy (non-hydrogen) atoms. The van der Waals surface area contributed by atoms with Crippen molar-refractivity contribution < 1.29 is 0 Å². The van der Waals surface area contributed by atoms with Crippen LogP contribution in [-0.4, -0.2) is 11.5 Å². The van der Waals surface area contributed by atoms with Crippen LogP contribution in [0.5, 0.6) is 0 Å². The van der Waals surface area contributed by atoms with Crippen LogP contribution in [0.3, 0.4) is 0 Å². The number of fused-ring (bicyclic) bond motifs is 3. The van der Waals surface area contributed by atoms with E-state index >= 15 is 0 Å². The van der Waals surface area contributed by atoms with E-state index in [9.17, 15) is 0 Å². The van der Waals surface area contributed by atoms with E-state index in [4.69, 9.17) is 0 Å². The first-order chi connectivity index (χ1) is 12.3. The van der Waals surface area contributed by atoms with Crippen LogP contribution in [0.4, 0.5) is 0 Å². The molecule has 1 heteroatoms. The van der Waals surface area contributed by atoms with Gasteiger partial charge in [-0.25, -0.2) is 0 Å². The number of hydrogen-bond donors (Lipinski definition) is 0. The minimum absolute atomic E-state index is 0.583. The molecule has 1 saturated heterocycles. The normalized spacial score (nSPS) is 38.1. The van der Waals surface area contributed by atoms with E-state index in [-0.39, 0.29) is 0 Å². The van der Waals surface area contributed by atoms with Crippen LogP contribution in [0.2, 0.25) is 0 Å². The summed E-state index contributed by atoms with van der Waals surface area (Å²) in [4.78, 5) is 0. The van der Waals surface area contributed by atoms with Crippen molar-refractivity contribution in [3.8, 4) is 0 Å². The quantitative estimate of drug-likeness (QED) is 0.621. The Morgan fingerprint density at radius 2 is 1.08 bits per heavy atom. The Kier molecular flexibility index (Phi) is 3.08. The zero-order valence-corrected chi connectivity index (χ0v) is 15.7. The second-order valence-electron chi connectivity index (χ2n) is 9.28. The maximum Gasteiger partial charge on any atom is -0.000156 e. The Bertz CT molecular complexity index is 771. The fraction of sp³-hybridized carbons (Fsp3) is 0.500. The molecule has 1 saturated carbocycles. The Balaban J connectivity index is 1.42. The second-order valence-corrected chi connectivity index (χ2v) is 10.3. The molecular weight excluding hydrogens is 320 g/mol. The van der Waals surface area contributed by atoms with Gasteiger partial charge in [-0.3, -0.25) is 0 Å². The zero-order chi connectivity index (χ0) is 16.5. The maximum atomic E-state index is 2.42.